The van der Waals surface area contributed by atoms with Crippen molar-refractivity contribution in [2.75, 3.05) is 7.11 Å². The average molecular weight is 261 g/mol. The predicted octanol–water partition coefficient (Wildman–Crippen LogP) is 2.59. The Balaban J connectivity index is 2.12. The summed E-state index contributed by atoms with van der Waals surface area (Å²) in [5, 5.41) is 0. The van der Waals surface area contributed by atoms with Crippen molar-refractivity contribution in [2.45, 2.75) is 6.61 Å². The van der Waals surface area contributed by atoms with Gasteiger partial charge in [0.05, 0.1) is 7.11 Å². The second-order valence-corrected chi connectivity index (χ2v) is 3.77. The molecule has 0 spiro atoms. The third-order valence-electron chi connectivity index (χ3n) is 2.39. The minimum atomic E-state index is -0.705. The van der Waals surface area contributed by atoms with Crippen LogP contribution in [0.1, 0.15) is 16.1 Å². The predicted molar refractivity (Wildman–Crippen MR) is 66.3 cm³/mol. The molecule has 0 aliphatic carbocycles. The van der Waals surface area contributed by atoms with Crippen LogP contribution in [-0.4, -0.2) is 18.1 Å². The standard InChI is InChI=1S/C14H12FNO3/c1-18-14(17)12-7-11(15)8-13(16-12)19-9-10-5-3-2-4-6-10/h2-8H,9H2,1H3. The number of halogens is 1. The Morgan fingerprint density at radius 2 is 2.00 bits per heavy atom. The Morgan fingerprint density at radius 1 is 1.26 bits per heavy atom. The van der Waals surface area contributed by atoms with E-state index < -0.39 is 11.8 Å². The molecule has 0 N–H and O–H groups in total. The minimum Gasteiger partial charge on any atom is -0.473 e. The summed E-state index contributed by atoms with van der Waals surface area (Å²) in [5.41, 5.74) is 0.804. The average Bonchev–Trinajstić information content (AvgIpc) is 2.45. The summed E-state index contributed by atoms with van der Waals surface area (Å²) in [4.78, 5) is 15.2. The summed E-state index contributed by atoms with van der Waals surface area (Å²) in [6.45, 7) is 0.248. The molecule has 0 aliphatic heterocycles. The topological polar surface area (TPSA) is 48.4 Å². The van der Waals surface area contributed by atoms with E-state index >= 15 is 0 Å². The number of pyridine rings is 1. The van der Waals surface area contributed by atoms with Crippen LogP contribution < -0.4 is 4.74 Å². The summed E-state index contributed by atoms with van der Waals surface area (Å²) in [6, 6.07) is 11.5. The largest absolute Gasteiger partial charge is 0.473 e. The number of nitrogens with zero attached hydrogens (tertiary/aromatic N) is 1. The van der Waals surface area contributed by atoms with Gasteiger partial charge in [0.2, 0.25) is 5.88 Å². The van der Waals surface area contributed by atoms with E-state index in [-0.39, 0.29) is 18.2 Å². The molecule has 2 rings (SSSR count). The van der Waals surface area contributed by atoms with Crippen LogP contribution in [-0.2, 0) is 11.3 Å². The van der Waals surface area contributed by atoms with E-state index in [4.69, 9.17) is 4.74 Å². The number of hydrogen-bond donors (Lipinski definition) is 0. The van der Waals surface area contributed by atoms with Crippen molar-refractivity contribution < 1.29 is 18.7 Å². The number of aromatic nitrogens is 1. The molecule has 0 unspecified atom stereocenters. The second kappa shape index (κ2) is 5.95. The Morgan fingerprint density at radius 3 is 2.68 bits per heavy atom. The highest BCUT2D eigenvalue weighted by Gasteiger charge is 2.11. The Hall–Kier alpha value is -2.43. The van der Waals surface area contributed by atoms with Crippen molar-refractivity contribution in [1.82, 2.24) is 4.98 Å². The molecular weight excluding hydrogens is 249 g/mol. The highest BCUT2D eigenvalue weighted by Crippen LogP contribution is 2.14. The van der Waals surface area contributed by atoms with Gasteiger partial charge in [0.25, 0.3) is 0 Å². The summed E-state index contributed by atoms with van der Waals surface area (Å²) in [5.74, 6) is -1.26. The van der Waals surface area contributed by atoms with Crippen LogP contribution >= 0.6 is 0 Å². The van der Waals surface area contributed by atoms with Gasteiger partial charge in [-0.05, 0) is 5.56 Å². The zero-order valence-corrected chi connectivity index (χ0v) is 10.3. The SMILES string of the molecule is COC(=O)c1cc(F)cc(OCc2ccccc2)n1. The van der Waals surface area contributed by atoms with Crippen LogP contribution in [0.2, 0.25) is 0 Å². The molecule has 0 fully saturated rings. The molecule has 98 valence electrons. The molecule has 2 aromatic rings. The Labute approximate surface area is 109 Å². The smallest absolute Gasteiger partial charge is 0.356 e. The van der Waals surface area contributed by atoms with Gasteiger partial charge < -0.3 is 9.47 Å². The molecular formula is C14H12FNO3. The maximum absolute atomic E-state index is 13.3. The van der Waals surface area contributed by atoms with Crippen LogP contribution in [0.15, 0.2) is 42.5 Å². The van der Waals surface area contributed by atoms with Gasteiger partial charge >= 0.3 is 5.97 Å². The number of benzene rings is 1. The number of hydrogen-bond acceptors (Lipinski definition) is 4. The lowest BCUT2D eigenvalue weighted by molar-refractivity contribution is 0.0592. The van der Waals surface area contributed by atoms with Crippen LogP contribution in [0.3, 0.4) is 0 Å². The summed E-state index contributed by atoms with van der Waals surface area (Å²) in [6.07, 6.45) is 0. The van der Waals surface area contributed by atoms with E-state index in [1.54, 1.807) is 0 Å². The van der Waals surface area contributed by atoms with Crippen LogP contribution in [0.4, 0.5) is 4.39 Å². The van der Waals surface area contributed by atoms with E-state index in [2.05, 4.69) is 9.72 Å². The molecule has 0 bridgehead atoms. The lowest BCUT2D eigenvalue weighted by atomic mass is 10.2. The third kappa shape index (κ3) is 3.51. The van der Waals surface area contributed by atoms with Gasteiger partial charge in [-0.1, -0.05) is 30.3 Å². The van der Waals surface area contributed by atoms with Gasteiger partial charge in [-0.2, -0.15) is 0 Å². The number of carbonyl (C=O) groups excluding carboxylic acids is 1. The van der Waals surface area contributed by atoms with E-state index in [1.807, 2.05) is 30.3 Å². The highest BCUT2D eigenvalue weighted by atomic mass is 19.1. The van der Waals surface area contributed by atoms with Gasteiger partial charge in [-0.3, -0.25) is 0 Å². The maximum Gasteiger partial charge on any atom is 0.356 e. The van der Waals surface area contributed by atoms with Crippen molar-refractivity contribution in [3.63, 3.8) is 0 Å². The summed E-state index contributed by atoms with van der Waals surface area (Å²) < 4.78 is 23.2. The normalized spacial score (nSPS) is 10.0. The van der Waals surface area contributed by atoms with Gasteiger partial charge in [-0.25, -0.2) is 14.2 Å². The van der Waals surface area contributed by atoms with Crippen molar-refractivity contribution in [1.29, 1.82) is 0 Å². The van der Waals surface area contributed by atoms with Gasteiger partial charge in [0.15, 0.2) is 5.69 Å². The minimum absolute atomic E-state index is 0.0456. The molecule has 0 amide bonds. The van der Waals surface area contributed by atoms with Crippen molar-refractivity contribution in [2.24, 2.45) is 0 Å². The monoisotopic (exact) mass is 261 g/mol. The number of esters is 1. The van der Waals surface area contributed by atoms with Gasteiger partial charge in [-0.15, -0.1) is 0 Å². The fraction of sp³-hybridized carbons (Fsp3) is 0.143. The van der Waals surface area contributed by atoms with E-state index in [9.17, 15) is 9.18 Å². The molecule has 0 aliphatic rings. The zero-order valence-electron chi connectivity index (χ0n) is 10.3. The zero-order chi connectivity index (χ0) is 13.7. The molecule has 19 heavy (non-hydrogen) atoms. The second-order valence-electron chi connectivity index (χ2n) is 3.77. The van der Waals surface area contributed by atoms with Crippen LogP contribution in [0, 0.1) is 5.82 Å². The van der Waals surface area contributed by atoms with Crippen molar-refractivity contribution >= 4 is 5.97 Å². The Bertz CT molecular complexity index is 572. The summed E-state index contributed by atoms with van der Waals surface area (Å²) >= 11 is 0. The van der Waals surface area contributed by atoms with E-state index in [0.29, 0.717) is 0 Å². The molecule has 1 aromatic heterocycles. The fourth-order valence-electron chi connectivity index (χ4n) is 1.49. The molecule has 1 aromatic carbocycles. The first kappa shape index (κ1) is 13.0. The third-order valence-corrected chi connectivity index (χ3v) is 2.39. The van der Waals surface area contributed by atoms with Gasteiger partial charge in [0, 0.05) is 12.1 Å². The highest BCUT2D eigenvalue weighted by molar-refractivity contribution is 5.87. The molecule has 0 saturated heterocycles. The van der Waals surface area contributed by atoms with Crippen LogP contribution in [0.5, 0.6) is 5.88 Å². The fourth-order valence-corrected chi connectivity index (χ4v) is 1.49. The first-order valence-corrected chi connectivity index (χ1v) is 5.61. The number of rotatable bonds is 4. The number of ether oxygens (including phenoxy) is 2. The lowest BCUT2D eigenvalue weighted by Crippen LogP contribution is -2.07. The molecule has 1 heterocycles. The molecule has 0 saturated carbocycles. The lowest BCUT2D eigenvalue weighted by Gasteiger charge is -2.07. The number of carbonyl (C=O) groups is 1. The summed E-state index contributed by atoms with van der Waals surface area (Å²) in [7, 11) is 1.21. The molecule has 4 nitrogen and oxygen atoms in total. The van der Waals surface area contributed by atoms with E-state index in [0.717, 1.165) is 17.7 Å². The van der Waals surface area contributed by atoms with Crippen LogP contribution in [0.25, 0.3) is 0 Å². The first-order valence-electron chi connectivity index (χ1n) is 5.61. The van der Waals surface area contributed by atoms with E-state index in [1.165, 1.54) is 7.11 Å². The Kier molecular flexibility index (Phi) is 4.07. The van der Waals surface area contributed by atoms with Crippen molar-refractivity contribution in [3.05, 3.63) is 59.5 Å². The molecule has 0 atom stereocenters. The maximum atomic E-state index is 13.3. The van der Waals surface area contributed by atoms with Gasteiger partial charge in [0.1, 0.15) is 12.4 Å². The molecule has 0 radical (unpaired) electrons. The van der Waals surface area contributed by atoms with Crippen molar-refractivity contribution in [3.8, 4) is 5.88 Å². The quantitative estimate of drug-likeness (QED) is 0.794. The molecule has 5 heteroatoms. The first-order chi connectivity index (χ1) is 9.19. The number of methoxy groups -OCH3 is 1.